The van der Waals surface area contributed by atoms with Gasteiger partial charge in [0, 0.05) is 5.56 Å². The topological polar surface area (TPSA) is 44.5 Å². The molecular weight excluding hydrogens is 250 g/mol. The lowest BCUT2D eigenvalue weighted by Crippen LogP contribution is -1.97. The number of hydrogen-bond donors (Lipinski definition) is 1. The molecule has 0 amide bonds. The number of hydrogen-bond acceptors (Lipinski definition) is 3. The first kappa shape index (κ1) is 14.0. The normalized spacial score (nSPS) is 9.50. The molecule has 2 aromatic rings. The van der Waals surface area contributed by atoms with Gasteiger partial charge in [0.2, 0.25) is 0 Å². The smallest absolute Gasteiger partial charge is 0.161 e. The minimum atomic E-state index is 0.374. The predicted octanol–water partition coefficient (Wildman–Crippen LogP) is 2.58. The summed E-state index contributed by atoms with van der Waals surface area (Å²) in [5, 5.41) is 0. The van der Waals surface area contributed by atoms with E-state index >= 15 is 0 Å². The van der Waals surface area contributed by atoms with Crippen molar-refractivity contribution in [1.29, 1.82) is 0 Å². The Morgan fingerprint density at radius 3 is 2.35 bits per heavy atom. The molecule has 102 valence electrons. The van der Waals surface area contributed by atoms with Gasteiger partial charge < -0.3 is 15.2 Å². The third kappa shape index (κ3) is 3.78. The van der Waals surface area contributed by atoms with E-state index in [0.717, 1.165) is 22.6 Å². The van der Waals surface area contributed by atoms with E-state index in [-0.39, 0.29) is 0 Å². The van der Waals surface area contributed by atoms with Crippen LogP contribution in [0.4, 0.5) is 0 Å². The van der Waals surface area contributed by atoms with Gasteiger partial charge in [0.15, 0.2) is 11.5 Å². The molecule has 3 nitrogen and oxygen atoms in total. The minimum Gasteiger partial charge on any atom is -0.493 e. The number of rotatable bonds is 4. The predicted molar refractivity (Wildman–Crippen MR) is 79.7 cm³/mol. The Labute approximate surface area is 119 Å². The summed E-state index contributed by atoms with van der Waals surface area (Å²) >= 11 is 0. The van der Waals surface area contributed by atoms with Crippen LogP contribution in [0.15, 0.2) is 48.5 Å². The van der Waals surface area contributed by atoms with Gasteiger partial charge in [-0.2, -0.15) is 0 Å². The number of para-hydroxylation sites is 2. The van der Waals surface area contributed by atoms with E-state index in [9.17, 15) is 0 Å². The van der Waals surface area contributed by atoms with Gasteiger partial charge in [-0.1, -0.05) is 36.1 Å². The van der Waals surface area contributed by atoms with Crippen molar-refractivity contribution in [3.63, 3.8) is 0 Å². The standard InChI is InChI=1S/C17H17NO2/c1-19-16-6-2-3-7-17(16)20-13-15-10-8-14(9-11-15)5-4-12-18/h2-3,6-11H,12-13,18H2,1H3. The molecule has 0 fully saturated rings. The van der Waals surface area contributed by atoms with Crippen LogP contribution in [0.5, 0.6) is 11.5 Å². The van der Waals surface area contributed by atoms with Gasteiger partial charge in [-0.15, -0.1) is 0 Å². The Morgan fingerprint density at radius 1 is 1.00 bits per heavy atom. The molecule has 0 aliphatic carbocycles. The van der Waals surface area contributed by atoms with Crippen molar-refractivity contribution in [2.45, 2.75) is 6.61 Å². The van der Waals surface area contributed by atoms with Gasteiger partial charge in [-0.05, 0) is 29.8 Å². The van der Waals surface area contributed by atoms with Gasteiger partial charge in [0.1, 0.15) is 6.61 Å². The number of nitrogens with two attached hydrogens (primary N) is 1. The first-order valence-corrected chi connectivity index (χ1v) is 6.37. The van der Waals surface area contributed by atoms with Crippen molar-refractivity contribution in [2.24, 2.45) is 5.73 Å². The summed E-state index contributed by atoms with van der Waals surface area (Å²) < 4.78 is 11.0. The zero-order valence-electron chi connectivity index (χ0n) is 11.4. The first-order valence-electron chi connectivity index (χ1n) is 6.37. The largest absolute Gasteiger partial charge is 0.493 e. The molecule has 2 rings (SSSR count). The zero-order valence-corrected chi connectivity index (χ0v) is 11.4. The molecule has 0 aliphatic rings. The molecule has 0 bridgehead atoms. The second-order valence-corrected chi connectivity index (χ2v) is 4.14. The Hall–Kier alpha value is -2.44. The van der Waals surface area contributed by atoms with Gasteiger partial charge >= 0.3 is 0 Å². The van der Waals surface area contributed by atoms with Crippen LogP contribution < -0.4 is 15.2 Å². The fourth-order valence-corrected chi connectivity index (χ4v) is 1.74. The molecule has 0 aliphatic heterocycles. The first-order chi connectivity index (χ1) is 9.83. The number of ether oxygens (including phenoxy) is 2. The molecule has 0 aromatic heterocycles. The van der Waals surface area contributed by atoms with Crippen LogP contribution in [0.25, 0.3) is 0 Å². The SMILES string of the molecule is COc1ccccc1OCc1ccc(C#CCN)cc1. The van der Waals surface area contributed by atoms with Crippen LogP contribution in [0, 0.1) is 11.8 Å². The Bertz CT molecular complexity index is 609. The van der Waals surface area contributed by atoms with Crippen LogP contribution in [0.2, 0.25) is 0 Å². The third-order valence-electron chi connectivity index (χ3n) is 2.75. The van der Waals surface area contributed by atoms with Gasteiger partial charge in [-0.25, -0.2) is 0 Å². The fourth-order valence-electron chi connectivity index (χ4n) is 1.74. The maximum Gasteiger partial charge on any atom is 0.161 e. The number of benzene rings is 2. The van der Waals surface area contributed by atoms with E-state index in [4.69, 9.17) is 15.2 Å². The highest BCUT2D eigenvalue weighted by Gasteiger charge is 2.02. The van der Waals surface area contributed by atoms with Gasteiger partial charge in [0.05, 0.1) is 13.7 Å². The highest BCUT2D eigenvalue weighted by atomic mass is 16.5. The summed E-state index contributed by atoms with van der Waals surface area (Å²) in [6, 6.07) is 15.5. The van der Waals surface area contributed by atoms with E-state index < -0.39 is 0 Å². The average Bonchev–Trinajstić information content (AvgIpc) is 2.52. The quantitative estimate of drug-likeness (QED) is 0.866. The highest BCUT2D eigenvalue weighted by Crippen LogP contribution is 2.26. The molecule has 0 unspecified atom stereocenters. The number of methoxy groups -OCH3 is 1. The van der Waals surface area contributed by atoms with Crippen LogP contribution in [-0.2, 0) is 6.61 Å². The lowest BCUT2D eigenvalue weighted by Gasteiger charge is -2.10. The van der Waals surface area contributed by atoms with Crippen LogP contribution in [0.1, 0.15) is 11.1 Å². The fraction of sp³-hybridized carbons (Fsp3) is 0.176. The molecule has 0 spiro atoms. The van der Waals surface area contributed by atoms with Crippen molar-refractivity contribution < 1.29 is 9.47 Å². The maximum absolute atomic E-state index is 5.75. The Kier molecular flexibility index (Phi) is 5.05. The molecule has 0 heterocycles. The summed E-state index contributed by atoms with van der Waals surface area (Å²) in [7, 11) is 1.63. The molecule has 20 heavy (non-hydrogen) atoms. The molecule has 2 N–H and O–H groups in total. The second-order valence-electron chi connectivity index (χ2n) is 4.14. The lowest BCUT2D eigenvalue weighted by molar-refractivity contribution is 0.284. The summed E-state index contributed by atoms with van der Waals surface area (Å²) in [5.74, 6) is 7.29. The Balaban J connectivity index is 2.00. The van der Waals surface area contributed by atoms with Crippen LogP contribution in [-0.4, -0.2) is 13.7 Å². The van der Waals surface area contributed by atoms with Crippen molar-refractivity contribution in [3.8, 4) is 23.3 Å². The lowest BCUT2D eigenvalue weighted by atomic mass is 10.1. The van der Waals surface area contributed by atoms with Crippen molar-refractivity contribution in [1.82, 2.24) is 0 Å². The molecule has 3 heteroatoms. The molecule has 2 aromatic carbocycles. The molecule has 0 saturated carbocycles. The van der Waals surface area contributed by atoms with Crippen LogP contribution in [0.3, 0.4) is 0 Å². The minimum absolute atomic E-state index is 0.374. The van der Waals surface area contributed by atoms with E-state index in [1.807, 2.05) is 48.5 Å². The summed E-state index contributed by atoms with van der Waals surface area (Å²) in [5.41, 5.74) is 7.37. The van der Waals surface area contributed by atoms with E-state index in [1.54, 1.807) is 7.11 Å². The average molecular weight is 267 g/mol. The molecule has 0 saturated heterocycles. The summed E-state index contributed by atoms with van der Waals surface area (Å²) in [6.07, 6.45) is 0. The van der Waals surface area contributed by atoms with E-state index in [1.165, 1.54) is 0 Å². The highest BCUT2D eigenvalue weighted by molar-refractivity contribution is 5.40. The van der Waals surface area contributed by atoms with E-state index in [0.29, 0.717) is 13.2 Å². The van der Waals surface area contributed by atoms with Crippen molar-refractivity contribution >= 4 is 0 Å². The Morgan fingerprint density at radius 2 is 1.70 bits per heavy atom. The van der Waals surface area contributed by atoms with Crippen molar-refractivity contribution in [3.05, 3.63) is 59.7 Å². The summed E-state index contributed by atoms with van der Waals surface area (Å²) in [6.45, 7) is 0.865. The second kappa shape index (κ2) is 7.22. The van der Waals surface area contributed by atoms with Gasteiger partial charge in [-0.3, -0.25) is 0 Å². The van der Waals surface area contributed by atoms with Gasteiger partial charge in [0.25, 0.3) is 0 Å². The van der Waals surface area contributed by atoms with E-state index in [2.05, 4.69) is 11.8 Å². The summed E-state index contributed by atoms with van der Waals surface area (Å²) in [4.78, 5) is 0. The van der Waals surface area contributed by atoms with Crippen molar-refractivity contribution in [2.75, 3.05) is 13.7 Å². The molecule has 0 radical (unpaired) electrons. The third-order valence-corrected chi connectivity index (χ3v) is 2.75. The molecular formula is C17H17NO2. The zero-order chi connectivity index (χ0) is 14.2. The van der Waals surface area contributed by atoms with Crippen LogP contribution >= 0.6 is 0 Å². The monoisotopic (exact) mass is 267 g/mol. The maximum atomic E-state index is 5.75. The molecule has 0 atom stereocenters.